The third-order valence-corrected chi connectivity index (χ3v) is 8.52. The highest BCUT2D eigenvalue weighted by Gasteiger charge is 2.39. The van der Waals surface area contributed by atoms with E-state index in [1.807, 2.05) is 11.1 Å². The van der Waals surface area contributed by atoms with Gasteiger partial charge in [-0.2, -0.15) is 5.10 Å². The minimum atomic E-state index is -0.536. The molecule has 0 bridgehead atoms. The lowest BCUT2D eigenvalue weighted by Crippen LogP contribution is -2.42. The number of amides is 2. The van der Waals surface area contributed by atoms with Crippen LogP contribution in [-0.4, -0.2) is 58.4 Å². The molecule has 40 heavy (non-hydrogen) atoms. The quantitative estimate of drug-likeness (QED) is 0.419. The lowest BCUT2D eigenvalue weighted by molar-refractivity contribution is 0.0805. The van der Waals surface area contributed by atoms with Crippen LogP contribution in [0.3, 0.4) is 0 Å². The molecule has 0 spiro atoms. The van der Waals surface area contributed by atoms with Crippen molar-refractivity contribution in [3.63, 3.8) is 0 Å². The van der Waals surface area contributed by atoms with E-state index in [-0.39, 0.29) is 30.5 Å². The fourth-order valence-electron chi connectivity index (χ4n) is 6.12. The fraction of sp³-hybridized carbons (Fsp3) is 0.345. The summed E-state index contributed by atoms with van der Waals surface area (Å²) < 4.78 is 20.3. The van der Waals surface area contributed by atoms with E-state index in [2.05, 4.69) is 5.43 Å². The third kappa shape index (κ3) is 5.09. The number of rotatable bonds is 4. The fourth-order valence-corrected chi connectivity index (χ4v) is 6.61. The summed E-state index contributed by atoms with van der Waals surface area (Å²) in [6.07, 6.45) is 4.91. The van der Waals surface area contributed by atoms with Crippen molar-refractivity contribution in [1.29, 1.82) is 0 Å². The molecule has 2 aliphatic heterocycles. The van der Waals surface area contributed by atoms with Crippen LogP contribution >= 0.6 is 23.2 Å². The van der Waals surface area contributed by atoms with Gasteiger partial charge in [-0.15, -0.1) is 0 Å². The topological polar surface area (TPSA) is 79.7 Å². The van der Waals surface area contributed by atoms with Crippen LogP contribution in [0.25, 0.3) is 17.3 Å². The van der Waals surface area contributed by atoms with E-state index in [1.165, 1.54) is 43.4 Å². The highest BCUT2D eigenvalue weighted by atomic mass is 35.5. The molecule has 1 saturated carbocycles. The standard InChI is InChI=1S/C29H28Cl2FN5O3/c1-40-29(39)35-13-20(11-17-5-8-22(32)9-6-17)27-23(16-35)26(33-37(27)25-10-7-21(30)12-24(25)31)28(38)34-36-14-18-3-2-4-19(18)15-36/h5-12,18-19H,2-4,13-16H2,1H3,(H,34,38)/b20-11+. The van der Waals surface area contributed by atoms with Crippen LogP contribution in [0.4, 0.5) is 9.18 Å². The minimum absolute atomic E-state index is 0.113. The molecular formula is C29H28Cl2FN5O3. The summed E-state index contributed by atoms with van der Waals surface area (Å²) in [5.74, 6) is 0.484. The Hall–Kier alpha value is -3.40. The lowest BCUT2D eigenvalue weighted by atomic mass is 9.97. The monoisotopic (exact) mass is 583 g/mol. The first-order valence-electron chi connectivity index (χ1n) is 13.2. The number of nitrogens with zero attached hydrogens (tertiary/aromatic N) is 4. The third-order valence-electron chi connectivity index (χ3n) is 7.98. The normalized spacial score (nSPS) is 21.4. The van der Waals surface area contributed by atoms with Gasteiger partial charge in [0.15, 0.2) is 5.69 Å². The molecule has 1 saturated heterocycles. The molecule has 2 atom stereocenters. The summed E-state index contributed by atoms with van der Waals surface area (Å²) >= 11 is 12.8. The molecule has 2 fully saturated rings. The van der Waals surface area contributed by atoms with E-state index < -0.39 is 6.09 Å². The maximum atomic E-state index is 13.7. The predicted molar refractivity (Wildman–Crippen MR) is 151 cm³/mol. The average Bonchev–Trinajstić information content (AvgIpc) is 3.63. The maximum absolute atomic E-state index is 13.7. The summed E-state index contributed by atoms with van der Waals surface area (Å²) in [4.78, 5) is 28.0. The van der Waals surface area contributed by atoms with Crippen molar-refractivity contribution in [2.45, 2.75) is 25.8 Å². The van der Waals surface area contributed by atoms with Gasteiger partial charge >= 0.3 is 6.09 Å². The number of carbonyl (C=O) groups is 2. The summed E-state index contributed by atoms with van der Waals surface area (Å²) in [6.45, 7) is 1.92. The zero-order chi connectivity index (χ0) is 28.0. The number of nitrogens with one attached hydrogen (secondary N) is 1. The molecule has 6 rings (SSSR count). The second-order valence-corrected chi connectivity index (χ2v) is 11.4. The number of hydrazine groups is 1. The van der Waals surface area contributed by atoms with Gasteiger partial charge in [-0.05, 0) is 72.2 Å². The van der Waals surface area contributed by atoms with E-state index in [0.717, 1.165) is 18.7 Å². The van der Waals surface area contributed by atoms with Crippen LogP contribution in [0, 0.1) is 17.7 Å². The molecule has 1 N–H and O–H groups in total. The van der Waals surface area contributed by atoms with Crippen molar-refractivity contribution >= 4 is 46.9 Å². The van der Waals surface area contributed by atoms with Gasteiger partial charge in [-0.3, -0.25) is 15.1 Å². The molecular weight excluding hydrogens is 556 g/mol. The molecule has 11 heteroatoms. The van der Waals surface area contributed by atoms with Gasteiger partial charge in [0.2, 0.25) is 0 Å². The average molecular weight is 584 g/mol. The molecule has 3 heterocycles. The van der Waals surface area contributed by atoms with Crippen LogP contribution in [0.2, 0.25) is 10.0 Å². The summed E-state index contributed by atoms with van der Waals surface area (Å²) in [5.41, 5.74) is 6.39. The van der Waals surface area contributed by atoms with Crippen LogP contribution in [0.15, 0.2) is 42.5 Å². The van der Waals surface area contributed by atoms with Crippen LogP contribution in [0.5, 0.6) is 0 Å². The number of hydrogen-bond donors (Lipinski definition) is 1. The second-order valence-electron chi connectivity index (χ2n) is 10.5. The number of carbonyl (C=O) groups excluding carboxylic acids is 2. The number of hydrogen-bond acceptors (Lipinski definition) is 5. The molecule has 2 aromatic carbocycles. The SMILES string of the molecule is COC(=O)N1C/C(=C\c2ccc(F)cc2)c2c(c(C(=O)NN3CC4CCCC4C3)nn2-c2ccc(Cl)cc2Cl)C1. The molecule has 1 aromatic heterocycles. The molecule has 8 nitrogen and oxygen atoms in total. The highest BCUT2D eigenvalue weighted by Crippen LogP contribution is 2.38. The molecule has 2 unspecified atom stereocenters. The lowest BCUT2D eigenvalue weighted by Gasteiger charge is -2.29. The predicted octanol–water partition coefficient (Wildman–Crippen LogP) is 5.82. The Morgan fingerprint density at radius 2 is 1.80 bits per heavy atom. The Kier molecular flexibility index (Phi) is 7.29. The van der Waals surface area contributed by atoms with Crippen molar-refractivity contribution < 1.29 is 18.7 Å². The largest absolute Gasteiger partial charge is 0.453 e. The van der Waals surface area contributed by atoms with E-state index in [4.69, 9.17) is 33.0 Å². The maximum Gasteiger partial charge on any atom is 0.410 e. The molecule has 1 aliphatic carbocycles. The van der Waals surface area contributed by atoms with E-state index in [1.54, 1.807) is 35.0 Å². The first-order valence-corrected chi connectivity index (χ1v) is 14.0. The highest BCUT2D eigenvalue weighted by molar-refractivity contribution is 6.35. The van der Waals surface area contributed by atoms with E-state index in [0.29, 0.717) is 44.4 Å². The minimum Gasteiger partial charge on any atom is -0.453 e. The van der Waals surface area contributed by atoms with E-state index in [9.17, 15) is 14.0 Å². The molecule has 208 valence electrons. The van der Waals surface area contributed by atoms with Crippen LogP contribution < -0.4 is 5.43 Å². The van der Waals surface area contributed by atoms with Crippen molar-refractivity contribution in [3.8, 4) is 5.69 Å². The molecule has 0 radical (unpaired) electrons. The Morgan fingerprint density at radius 3 is 2.48 bits per heavy atom. The smallest absolute Gasteiger partial charge is 0.410 e. The Morgan fingerprint density at radius 1 is 1.07 bits per heavy atom. The Balaban J connectivity index is 1.47. The van der Waals surface area contributed by atoms with E-state index >= 15 is 0 Å². The first kappa shape index (κ1) is 26.8. The zero-order valence-corrected chi connectivity index (χ0v) is 23.4. The number of benzene rings is 2. The Bertz CT molecular complexity index is 1490. The number of fused-ring (bicyclic) bond motifs is 2. The molecule has 3 aromatic rings. The van der Waals surface area contributed by atoms with Gasteiger partial charge in [-0.1, -0.05) is 41.8 Å². The molecule has 3 aliphatic rings. The van der Waals surface area contributed by atoms with Gasteiger partial charge in [-0.25, -0.2) is 18.9 Å². The van der Waals surface area contributed by atoms with Crippen molar-refractivity contribution in [3.05, 3.63) is 80.8 Å². The zero-order valence-electron chi connectivity index (χ0n) is 21.9. The van der Waals surface area contributed by atoms with Crippen LogP contribution in [0.1, 0.15) is 46.6 Å². The summed E-state index contributed by atoms with van der Waals surface area (Å²) in [6, 6.07) is 11.1. The summed E-state index contributed by atoms with van der Waals surface area (Å²) in [7, 11) is 1.32. The number of ether oxygens (including phenoxy) is 1. The number of methoxy groups -OCH3 is 1. The molecule has 2 amide bonds. The van der Waals surface area contributed by atoms with Gasteiger partial charge in [0, 0.05) is 23.7 Å². The number of aromatic nitrogens is 2. The van der Waals surface area contributed by atoms with Gasteiger partial charge in [0.25, 0.3) is 5.91 Å². The van der Waals surface area contributed by atoms with Crippen molar-refractivity contribution in [2.75, 3.05) is 26.7 Å². The van der Waals surface area contributed by atoms with Gasteiger partial charge in [0.05, 0.1) is 36.6 Å². The van der Waals surface area contributed by atoms with Gasteiger partial charge in [0.1, 0.15) is 5.82 Å². The van der Waals surface area contributed by atoms with Gasteiger partial charge < -0.3 is 4.74 Å². The van der Waals surface area contributed by atoms with Crippen LogP contribution in [-0.2, 0) is 11.3 Å². The Labute approximate surface area is 241 Å². The number of halogens is 3. The first-order chi connectivity index (χ1) is 19.3. The summed E-state index contributed by atoms with van der Waals surface area (Å²) in [5, 5.41) is 7.56. The van der Waals surface area contributed by atoms with Crippen molar-refractivity contribution in [1.82, 2.24) is 25.1 Å². The van der Waals surface area contributed by atoms with Crippen molar-refractivity contribution in [2.24, 2.45) is 11.8 Å². The second kappa shape index (κ2) is 10.9.